The molecule has 1 aromatic carbocycles. The van der Waals surface area contributed by atoms with Crippen LogP contribution in [0.15, 0.2) is 42.6 Å². The first-order valence-corrected chi connectivity index (χ1v) is 9.00. The van der Waals surface area contributed by atoms with Crippen molar-refractivity contribution in [2.75, 3.05) is 18.0 Å². The Balaban J connectivity index is 1.34. The average molecular weight is 323 g/mol. The molecular formula is C20H25N3O. The van der Waals surface area contributed by atoms with E-state index in [0.717, 1.165) is 31.6 Å². The highest BCUT2D eigenvalue weighted by Gasteiger charge is 2.28. The number of rotatable bonds is 4. The van der Waals surface area contributed by atoms with Crippen LogP contribution in [0.3, 0.4) is 0 Å². The van der Waals surface area contributed by atoms with E-state index in [9.17, 15) is 4.79 Å². The molecule has 1 amide bonds. The fourth-order valence-corrected chi connectivity index (χ4v) is 3.62. The zero-order valence-electron chi connectivity index (χ0n) is 14.2. The molecule has 0 unspecified atom stereocenters. The SMILES string of the molecule is Cc1cccc(N2CCC(NC(=O)c3cccn3C3CC3)CC2)c1. The number of nitrogens with zero attached hydrogens (tertiary/aromatic N) is 2. The maximum absolute atomic E-state index is 12.6. The van der Waals surface area contributed by atoms with Crippen LogP contribution in [-0.4, -0.2) is 29.6 Å². The number of aryl methyl sites for hydroxylation is 1. The molecule has 1 aliphatic heterocycles. The van der Waals surface area contributed by atoms with E-state index in [-0.39, 0.29) is 11.9 Å². The van der Waals surface area contributed by atoms with Crippen LogP contribution in [0, 0.1) is 6.92 Å². The van der Waals surface area contributed by atoms with Crippen molar-refractivity contribution in [1.29, 1.82) is 0 Å². The van der Waals surface area contributed by atoms with E-state index in [0.29, 0.717) is 6.04 Å². The molecule has 2 heterocycles. The number of benzene rings is 1. The van der Waals surface area contributed by atoms with Gasteiger partial charge >= 0.3 is 0 Å². The number of hydrogen-bond acceptors (Lipinski definition) is 2. The van der Waals surface area contributed by atoms with Crippen LogP contribution in [0.2, 0.25) is 0 Å². The van der Waals surface area contributed by atoms with Gasteiger partial charge in [-0.05, 0) is 62.4 Å². The normalized spacial score (nSPS) is 18.6. The lowest BCUT2D eigenvalue weighted by Gasteiger charge is -2.34. The zero-order valence-corrected chi connectivity index (χ0v) is 14.2. The maximum Gasteiger partial charge on any atom is 0.268 e. The Labute approximate surface area is 143 Å². The Kier molecular flexibility index (Phi) is 4.05. The number of aromatic nitrogens is 1. The molecule has 2 fully saturated rings. The highest BCUT2D eigenvalue weighted by atomic mass is 16.2. The molecule has 0 radical (unpaired) electrons. The Morgan fingerprint density at radius 3 is 2.58 bits per heavy atom. The van der Waals surface area contributed by atoms with Crippen molar-refractivity contribution < 1.29 is 4.79 Å². The molecule has 0 bridgehead atoms. The van der Waals surface area contributed by atoms with Crippen molar-refractivity contribution in [1.82, 2.24) is 9.88 Å². The summed E-state index contributed by atoms with van der Waals surface area (Å²) < 4.78 is 2.14. The van der Waals surface area contributed by atoms with Gasteiger partial charge in [-0.1, -0.05) is 12.1 Å². The molecule has 4 nitrogen and oxygen atoms in total. The molecule has 1 saturated carbocycles. The van der Waals surface area contributed by atoms with Gasteiger partial charge in [0.1, 0.15) is 5.69 Å². The summed E-state index contributed by atoms with van der Waals surface area (Å²) in [5.74, 6) is 0.0842. The Hall–Kier alpha value is -2.23. The van der Waals surface area contributed by atoms with Crippen molar-refractivity contribution in [3.05, 3.63) is 53.9 Å². The maximum atomic E-state index is 12.6. The minimum absolute atomic E-state index is 0.0842. The van der Waals surface area contributed by atoms with Crippen molar-refractivity contribution >= 4 is 11.6 Å². The number of carbonyl (C=O) groups excluding carboxylic acids is 1. The van der Waals surface area contributed by atoms with Gasteiger partial charge in [-0.3, -0.25) is 4.79 Å². The zero-order chi connectivity index (χ0) is 16.5. The summed E-state index contributed by atoms with van der Waals surface area (Å²) in [6, 6.07) is 13.4. The summed E-state index contributed by atoms with van der Waals surface area (Å²) in [5.41, 5.74) is 3.41. The number of piperidine rings is 1. The summed E-state index contributed by atoms with van der Waals surface area (Å²) in [4.78, 5) is 15.0. The number of amides is 1. The summed E-state index contributed by atoms with van der Waals surface area (Å²) in [6.45, 7) is 4.13. The molecular weight excluding hydrogens is 298 g/mol. The Morgan fingerprint density at radius 1 is 1.08 bits per heavy atom. The predicted molar refractivity (Wildman–Crippen MR) is 96.6 cm³/mol. The average Bonchev–Trinajstić information content (AvgIpc) is 3.32. The minimum Gasteiger partial charge on any atom is -0.371 e. The second-order valence-electron chi connectivity index (χ2n) is 7.11. The fraction of sp³-hybridized carbons (Fsp3) is 0.450. The highest BCUT2D eigenvalue weighted by Crippen LogP contribution is 2.36. The molecule has 1 aromatic heterocycles. The van der Waals surface area contributed by atoms with Crippen LogP contribution in [0.1, 0.15) is 47.8 Å². The lowest BCUT2D eigenvalue weighted by molar-refractivity contribution is 0.0921. The van der Waals surface area contributed by atoms with Gasteiger partial charge in [0.2, 0.25) is 0 Å². The smallest absolute Gasteiger partial charge is 0.268 e. The van der Waals surface area contributed by atoms with Gasteiger partial charge in [0, 0.05) is 37.1 Å². The first kappa shape index (κ1) is 15.3. The van der Waals surface area contributed by atoms with E-state index >= 15 is 0 Å². The summed E-state index contributed by atoms with van der Waals surface area (Å²) in [7, 11) is 0. The van der Waals surface area contributed by atoms with E-state index in [1.54, 1.807) is 0 Å². The van der Waals surface area contributed by atoms with Crippen molar-refractivity contribution in [2.24, 2.45) is 0 Å². The Bertz CT molecular complexity index is 724. The highest BCUT2D eigenvalue weighted by molar-refractivity contribution is 5.93. The summed E-state index contributed by atoms with van der Waals surface area (Å²) in [6.07, 6.45) is 6.44. The number of anilines is 1. The second-order valence-corrected chi connectivity index (χ2v) is 7.11. The lowest BCUT2D eigenvalue weighted by Crippen LogP contribution is -2.45. The van der Waals surface area contributed by atoms with Gasteiger partial charge in [-0.25, -0.2) is 0 Å². The van der Waals surface area contributed by atoms with Crippen LogP contribution in [0.4, 0.5) is 5.69 Å². The standard InChI is InChI=1S/C20H25N3O/c1-15-4-2-5-18(14-15)22-12-9-16(10-13-22)21-20(24)19-6-3-11-23(19)17-7-8-17/h2-6,11,14,16-17H,7-10,12-13H2,1H3,(H,21,24). The van der Waals surface area contributed by atoms with Crippen LogP contribution in [-0.2, 0) is 0 Å². The molecule has 4 rings (SSSR count). The molecule has 0 spiro atoms. The third-order valence-corrected chi connectivity index (χ3v) is 5.15. The monoisotopic (exact) mass is 323 g/mol. The molecule has 2 aromatic rings. The molecule has 1 saturated heterocycles. The van der Waals surface area contributed by atoms with E-state index < -0.39 is 0 Å². The van der Waals surface area contributed by atoms with Gasteiger partial charge in [0.15, 0.2) is 0 Å². The number of hydrogen-bond donors (Lipinski definition) is 1. The van der Waals surface area contributed by atoms with Crippen LogP contribution >= 0.6 is 0 Å². The molecule has 0 atom stereocenters. The van der Waals surface area contributed by atoms with Crippen LogP contribution < -0.4 is 10.2 Å². The van der Waals surface area contributed by atoms with E-state index in [1.165, 1.54) is 24.1 Å². The predicted octanol–water partition coefficient (Wildman–Crippen LogP) is 3.53. The second kappa shape index (κ2) is 6.34. The lowest BCUT2D eigenvalue weighted by atomic mass is 10.0. The molecule has 4 heteroatoms. The minimum atomic E-state index is 0.0842. The topological polar surface area (TPSA) is 37.3 Å². The van der Waals surface area contributed by atoms with E-state index in [4.69, 9.17) is 0 Å². The van der Waals surface area contributed by atoms with Crippen molar-refractivity contribution in [2.45, 2.75) is 44.7 Å². The van der Waals surface area contributed by atoms with Crippen molar-refractivity contribution in [3.63, 3.8) is 0 Å². The first-order chi connectivity index (χ1) is 11.7. The summed E-state index contributed by atoms with van der Waals surface area (Å²) >= 11 is 0. The quantitative estimate of drug-likeness (QED) is 0.934. The molecule has 1 N–H and O–H groups in total. The fourth-order valence-electron chi connectivity index (χ4n) is 3.62. The molecule has 126 valence electrons. The van der Waals surface area contributed by atoms with E-state index in [2.05, 4.69) is 46.0 Å². The van der Waals surface area contributed by atoms with Crippen molar-refractivity contribution in [3.8, 4) is 0 Å². The number of nitrogens with one attached hydrogen (secondary N) is 1. The molecule has 24 heavy (non-hydrogen) atoms. The largest absolute Gasteiger partial charge is 0.371 e. The van der Waals surface area contributed by atoms with Gasteiger partial charge in [-0.15, -0.1) is 0 Å². The van der Waals surface area contributed by atoms with Gasteiger partial charge < -0.3 is 14.8 Å². The van der Waals surface area contributed by atoms with Gasteiger partial charge in [0.25, 0.3) is 5.91 Å². The van der Waals surface area contributed by atoms with E-state index in [1.807, 2.05) is 18.3 Å². The Morgan fingerprint density at radius 2 is 1.88 bits per heavy atom. The number of carbonyl (C=O) groups is 1. The molecule has 1 aliphatic carbocycles. The van der Waals surface area contributed by atoms with Gasteiger partial charge in [0.05, 0.1) is 0 Å². The third-order valence-electron chi connectivity index (χ3n) is 5.15. The van der Waals surface area contributed by atoms with Crippen LogP contribution in [0.25, 0.3) is 0 Å². The molecule has 2 aliphatic rings. The summed E-state index contributed by atoms with van der Waals surface area (Å²) in [5, 5.41) is 3.24. The van der Waals surface area contributed by atoms with Crippen LogP contribution in [0.5, 0.6) is 0 Å². The third kappa shape index (κ3) is 3.18. The first-order valence-electron chi connectivity index (χ1n) is 9.00. The van der Waals surface area contributed by atoms with Gasteiger partial charge in [-0.2, -0.15) is 0 Å².